The molecule has 0 rings (SSSR count). The monoisotopic (exact) mass is 250 g/mol. The fraction of sp³-hybridized carbons (Fsp3) is 1.00. The molecule has 0 aromatic carbocycles. The van der Waals surface area contributed by atoms with Crippen molar-refractivity contribution in [3.05, 3.63) is 0 Å². The predicted molar refractivity (Wildman–Crippen MR) is 49.2 cm³/mol. The van der Waals surface area contributed by atoms with Gasteiger partial charge < -0.3 is 0 Å². The molecule has 0 fully saturated rings. The van der Waals surface area contributed by atoms with Gasteiger partial charge in [0, 0.05) is 0 Å². The van der Waals surface area contributed by atoms with Crippen LogP contribution in [-0.2, 0) is 0 Å². The summed E-state index contributed by atoms with van der Waals surface area (Å²) in [4.78, 5) is 0. The van der Waals surface area contributed by atoms with E-state index in [-0.39, 0.29) is 0 Å². The molecule has 9 heavy (non-hydrogen) atoms. The van der Waals surface area contributed by atoms with Crippen molar-refractivity contribution in [2.45, 2.75) is 40.0 Å². The summed E-state index contributed by atoms with van der Waals surface area (Å²) in [6, 6.07) is 0. The van der Waals surface area contributed by atoms with E-state index in [9.17, 15) is 0 Å². The third-order valence-electron chi connectivity index (χ3n) is 1.35. The maximum atomic E-state index is 2.48. The van der Waals surface area contributed by atoms with Crippen LogP contribution in [0, 0.1) is 0 Å². The second-order valence-corrected chi connectivity index (χ2v) is 15.5. The zero-order valence-corrected chi connectivity index (χ0v) is 11.3. The molecule has 0 heterocycles. The molecular formula is C7H18Ge2. The van der Waals surface area contributed by atoms with Gasteiger partial charge in [0.05, 0.1) is 0 Å². The van der Waals surface area contributed by atoms with E-state index in [1.54, 1.807) is 16.9 Å². The molecule has 2 heteroatoms. The molecular weight excluding hydrogens is 229 g/mol. The minimum absolute atomic E-state index is 0.427. The van der Waals surface area contributed by atoms with E-state index < -0.39 is 28.7 Å². The SMILES string of the molecule is [CH3][Ge]([CH3])[CH2]C[CH2][Ge]([CH3])[CH3]. The van der Waals surface area contributed by atoms with Crippen LogP contribution in [0.15, 0.2) is 0 Å². The molecule has 0 aliphatic carbocycles. The van der Waals surface area contributed by atoms with Gasteiger partial charge in [-0.15, -0.1) is 0 Å². The predicted octanol–water partition coefficient (Wildman–Crippen LogP) is 2.89. The van der Waals surface area contributed by atoms with Crippen LogP contribution in [-0.4, -0.2) is 28.7 Å². The van der Waals surface area contributed by atoms with Crippen LogP contribution < -0.4 is 0 Å². The van der Waals surface area contributed by atoms with Crippen LogP contribution in [0.5, 0.6) is 0 Å². The van der Waals surface area contributed by atoms with E-state index in [0.717, 1.165) is 0 Å². The van der Waals surface area contributed by atoms with Crippen molar-refractivity contribution < 1.29 is 0 Å². The Morgan fingerprint density at radius 3 is 1.33 bits per heavy atom. The van der Waals surface area contributed by atoms with Gasteiger partial charge in [-0.25, -0.2) is 0 Å². The summed E-state index contributed by atoms with van der Waals surface area (Å²) in [5, 5.41) is 3.22. The molecule has 0 N–H and O–H groups in total. The van der Waals surface area contributed by atoms with Gasteiger partial charge in [0.2, 0.25) is 0 Å². The van der Waals surface area contributed by atoms with Crippen molar-refractivity contribution in [2.24, 2.45) is 0 Å². The molecule has 0 aromatic rings. The van der Waals surface area contributed by atoms with Crippen LogP contribution in [0.1, 0.15) is 6.42 Å². The minimum atomic E-state index is -0.427. The Balaban J connectivity index is 2.91. The van der Waals surface area contributed by atoms with Crippen molar-refractivity contribution in [3.63, 3.8) is 0 Å². The third-order valence-corrected chi connectivity index (χ3v) is 7.03. The average molecular weight is 247 g/mol. The van der Waals surface area contributed by atoms with Crippen molar-refractivity contribution in [1.29, 1.82) is 0 Å². The van der Waals surface area contributed by atoms with Gasteiger partial charge in [-0.3, -0.25) is 0 Å². The molecule has 2 radical (unpaired) electrons. The molecule has 0 amide bonds. The Morgan fingerprint density at radius 2 is 1.11 bits per heavy atom. The average Bonchev–Trinajstić information content (AvgIpc) is 1.63. The standard InChI is InChI=1S/C7H18Ge2/c1-8(2)6-5-7-9(3)4/h5-7H2,1-4H3. The van der Waals surface area contributed by atoms with Gasteiger partial charge >= 0.3 is 68.6 Å². The zero-order chi connectivity index (χ0) is 7.28. The van der Waals surface area contributed by atoms with Gasteiger partial charge in [0.25, 0.3) is 0 Å². The van der Waals surface area contributed by atoms with Crippen LogP contribution in [0.4, 0.5) is 0 Å². The summed E-state index contributed by atoms with van der Waals surface area (Å²) in [6.07, 6.45) is 1.56. The fourth-order valence-corrected chi connectivity index (χ4v) is 6.06. The first-order chi connectivity index (χ1) is 4.13. The Morgan fingerprint density at radius 1 is 0.778 bits per heavy atom. The van der Waals surface area contributed by atoms with Gasteiger partial charge in [-0.2, -0.15) is 0 Å². The second kappa shape index (κ2) is 5.84. The van der Waals surface area contributed by atoms with E-state index >= 15 is 0 Å². The summed E-state index contributed by atoms with van der Waals surface area (Å²) in [5.74, 6) is 9.91. The van der Waals surface area contributed by atoms with Gasteiger partial charge in [0.15, 0.2) is 0 Å². The van der Waals surface area contributed by atoms with Gasteiger partial charge in [0.1, 0.15) is 0 Å². The fourth-order valence-electron chi connectivity index (χ4n) is 0.795. The molecule has 0 unspecified atom stereocenters. The second-order valence-electron chi connectivity index (χ2n) is 3.27. The van der Waals surface area contributed by atoms with E-state index in [4.69, 9.17) is 0 Å². The van der Waals surface area contributed by atoms with Crippen LogP contribution in [0.2, 0.25) is 33.5 Å². The van der Waals surface area contributed by atoms with E-state index in [2.05, 4.69) is 23.0 Å². The van der Waals surface area contributed by atoms with E-state index in [1.807, 2.05) is 0 Å². The quantitative estimate of drug-likeness (QED) is 0.670. The molecule has 0 nitrogen and oxygen atoms in total. The van der Waals surface area contributed by atoms with Crippen LogP contribution in [0.3, 0.4) is 0 Å². The van der Waals surface area contributed by atoms with E-state index in [0.29, 0.717) is 0 Å². The van der Waals surface area contributed by atoms with Crippen LogP contribution >= 0.6 is 0 Å². The van der Waals surface area contributed by atoms with Crippen molar-refractivity contribution in [1.82, 2.24) is 0 Å². The molecule has 0 aliphatic rings. The van der Waals surface area contributed by atoms with E-state index in [1.165, 1.54) is 0 Å². The summed E-state index contributed by atoms with van der Waals surface area (Å²) in [6.45, 7) is 0. The first kappa shape index (κ1) is 10.1. The Hall–Kier alpha value is 1.09. The zero-order valence-electron chi connectivity index (χ0n) is 7.12. The summed E-state index contributed by atoms with van der Waals surface area (Å²) >= 11 is -0.854. The molecule has 0 bridgehead atoms. The summed E-state index contributed by atoms with van der Waals surface area (Å²) in [5.41, 5.74) is 0. The van der Waals surface area contributed by atoms with Crippen molar-refractivity contribution in [2.75, 3.05) is 0 Å². The first-order valence-electron chi connectivity index (χ1n) is 3.71. The number of rotatable bonds is 4. The molecule has 54 valence electrons. The molecule has 0 aromatic heterocycles. The van der Waals surface area contributed by atoms with Crippen molar-refractivity contribution in [3.8, 4) is 0 Å². The van der Waals surface area contributed by atoms with Gasteiger partial charge in [-0.1, -0.05) is 0 Å². The number of hydrogen-bond donors (Lipinski definition) is 0. The topological polar surface area (TPSA) is 0 Å². The maximum absolute atomic E-state index is 2.48. The molecule has 0 aliphatic heterocycles. The molecule has 0 saturated heterocycles. The summed E-state index contributed by atoms with van der Waals surface area (Å²) in [7, 11) is 0. The van der Waals surface area contributed by atoms with Gasteiger partial charge in [-0.05, 0) is 0 Å². The normalized spacial score (nSPS) is 11.3. The Labute approximate surface area is 68.6 Å². The molecule has 0 saturated carbocycles. The van der Waals surface area contributed by atoms with Crippen molar-refractivity contribution >= 4 is 28.7 Å². The first-order valence-corrected chi connectivity index (χ1v) is 15.1. The Bertz CT molecular complexity index is 51.9. The molecule has 0 atom stereocenters. The number of hydrogen-bond acceptors (Lipinski definition) is 0. The molecule has 0 spiro atoms. The third kappa shape index (κ3) is 9.09. The van der Waals surface area contributed by atoms with Crippen LogP contribution in [0.25, 0.3) is 0 Å². The Kier molecular flexibility index (Phi) is 6.54. The summed E-state index contributed by atoms with van der Waals surface area (Å²) < 4.78 is 0.